The van der Waals surface area contributed by atoms with Crippen molar-refractivity contribution in [2.75, 3.05) is 19.7 Å². The van der Waals surface area contributed by atoms with Gasteiger partial charge in [0.15, 0.2) is 0 Å². The van der Waals surface area contributed by atoms with Crippen LogP contribution in [0.2, 0.25) is 0 Å². The number of H-pyrrole nitrogens is 2. The number of ether oxygens (including phenoxy) is 1. The molecule has 0 bridgehead atoms. The van der Waals surface area contributed by atoms with E-state index < -0.39 is 10.0 Å². The number of imidazole rings is 1. The highest BCUT2D eigenvalue weighted by Crippen LogP contribution is 2.21. The third-order valence-corrected chi connectivity index (χ3v) is 5.19. The highest BCUT2D eigenvalue weighted by molar-refractivity contribution is 7.89. The predicted octanol–water partition coefficient (Wildman–Crippen LogP) is 0.266. The van der Waals surface area contributed by atoms with Crippen molar-refractivity contribution in [1.29, 1.82) is 0 Å². The van der Waals surface area contributed by atoms with Gasteiger partial charge in [-0.05, 0) is 25.1 Å². The molecule has 3 rings (SSSR count). The van der Waals surface area contributed by atoms with Crippen LogP contribution in [-0.4, -0.2) is 48.5 Å². The van der Waals surface area contributed by atoms with Gasteiger partial charge in [-0.3, -0.25) is 0 Å². The molecule has 1 aliphatic rings. The van der Waals surface area contributed by atoms with Gasteiger partial charge in [-0.1, -0.05) is 0 Å². The number of aromatic amines is 2. The van der Waals surface area contributed by atoms with Crippen LogP contribution in [-0.2, 0) is 14.8 Å². The van der Waals surface area contributed by atoms with E-state index in [1.165, 1.54) is 16.4 Å². The standard InChI is InChI=1S/C12H15N3O4S/c1-8-7-15(4-5-19-8)20(17,18)9-2-3-10-11(6-9)14-12(16)13-10/h2-3,6,8H,4-5,7H2,1H3,(H2,13,14,16). The minimum atomic E-state index is -3.56. The Morgan fingerprint density at radius 1 is 1.30 bits per heavy atom. The minimum Gasteiger partial charge on any atom is -0.376 e. The van der Waals surface area contributed by atoms with E-state index in [-0.39, 0.29) is 16.7 Å². The lowest BCUT2D eigenvalue weighted by atomic mass is 10.3. The average molecular weight is 297 g/mol. The van der Waals surface area contributed by atoms with Crippen LogP contribution in [0.5, 0.6) is 0 Å². The Morgan fingerprint density at radius 2 is 2.05 bits per heavy atom. The molecule has 2 aromatic rings. The summed E-state index contributed by atoms with van der Waals surface area (Å²) in [7, 11) is -3.56. The number of hydrogen-bond acceptors (Lipinski definition) is 4. The van der Waals surface area contributed by atoms with Crippen LogP contribution in [0.1, 0.15) is 6.92 Å². The lowest BCUT2D eigenvalue weighted by molar-refractivity contribution is 0.0102. The maximum absolute atomic E-state index is 12.6. The molecule has 1 saturated heterocycles. The summed E-state index contributed by atoms with van der Waals surface area (Å²) in [4.78, 5) is 16.5. The molecule has 2 heterocycles. The van der Waals surface area contributed by atoms with E-state index in [1.54, 1.807) is 6.07 Å². The molecule has 1 aromatic heterocycles. The first-order valence-corrected chi connectivity index (χ1v) is 7.74. The molecule has 1 unspecified atom stereocenters. The number of sulfonamides is 1. The summed E-state index contributed by atoms with van der Waals surface area (Å²) in [5.74, 6) is 0. The Kier molecular flexibility index (Phi) is 3.15. The van der Waals surface area contributed by atoms with Gasteiger partial charge in [0.1, 0.15) is 0 Å². The molecule has 1 fully saturated rings. The molecule has 108 valence electrons. The SMILES string of the molecule is CC1CN(S(=O)(=O)c2ccc3[nH]c(=O)[nH]c3c2)CCO1. The fraction of sp³-hybridized carbons (Fsp3) is 0.417. The van der Waals surface area contributed by atoms with E-state index in [1.807, 2.05) is 6.92 Å². The molecule has 1 aromatic carbocycles. The Balaban J connectivity index is 2.01. The lowest BCUT2D eigenvalue weighted by Gasteiger charge is -2.30. The van der Waals surface area contributed by atoms with Gasteiger partial charge in [0.2, 0.25) is 10.0 Å². The van der Waals surface area contributed by atoms with Gasteiger partial charge < -0.3 is 14.7 Å². The van der Waals surface area contributed by atoms with Crippen LogP contribution in [0.4, 0.5) is 0 Å². The van der Waals surface area contributed by atoms with E-state index in [0.717, 1.165) is 0 Å². The summed E-state index contributed by atoms with van der Waals surface area (Å²) in [5.41, 5.74) is 0.719. The van der Waals surface area contributed by atoms with E-state index >= 15 is 0 Å². The second kappa shape index (κ2) is 4.72. The third kappa shape index (κ3) is 2.26. The van der Waals surface area contributed by atoms with Crippen molar-refractivity contribution in [3.63, 3.8) is 0 Å². The van der Waals surface area contributed by atoms with Crippen LogP contribution in [0.15, 0.2) is 27.9 Å². The van der Waals surface area contributed by atoms with Crippen LogP contribution in [0.25, 0.3) is 11.0 Å². The van der Waals surface area contributed by atoms with Crippen LogP contribution in [0.3, 0.4) is 0 Å². The molecule has 8 heteroatoms. The number of fused-ring (bicyclic) bond motifs is 1. The zero-order chi connectivity index (χ0) is 14.3. The van der Waals surface area contributed by atoms with Crippen molar-refractivity contribution in [1.82, 2.24) is 14.3 Å². The third-order valence-electron chi connectivity index (χ3n) is 3.33. The predicted molar refractivity (Wildman–Crippen MR) is 73.1 cm³/mol. The first kappa shape index (κ1) is 13.3. The monoisotopic (exact) mass is 297 g/mol. The number of nitrogens with zero attached hydrogens (tertiary/aromatic N) is 1. The zero-order valence-electron chi connectivity index (χ0n) is 10.9. The maximum atomic E-state index is 12.6. The smallest absolute Gasteiger partial charge is 0.323 e. The van der Waals surface area contributed by atoms with Gasteiger partial charge in [0.25, 0.3) is 0 Å². The van der Waals surface area contributed by atoms with Gasteiger partial charge in [-0.15, -0.1) is 0 Å². The number of aromatic nitrogens is 2. The molecule has 0 aliphatic carbocycles. The second-order valence-corrected chi connectivity index (χ2v) is 6.77. The van der Waals surface area contributed by atoms with Crippen LogP contribution in [0, 0.1) is 0 Å². The minimum absolute atomic E-state index is 0.116. The Hall–Kier alpha value is -1.64. The van der Waals surface area contributed by atoms with Gasteiger partial charge in [0.05, 0.1) is 28.6 Å². The van der Waals surface area contributed by atoms with Crippen molar-refractivity contribution in [2.24, 2.45) is 0 Å². The molecular weight excluding hydrogens is 282 g/mol. The normalized spacial score (nSPS) is 21.4. The summed E-state index contributed by atoms with van der Waals surface area (Å²) in [6.45, 7) is 2.91. The van der Waals surface area contributed by atoms with Crippen molar-refractivity contribution in [3.8, 4) is 0 Å². The molecule has 0 saturated carbocycles. The Bertz CT molecular complexity index is 792. The molecule has 0 spiro atoms. The number of hydrogen-bond donors (Lipinski definition) is 2. The van der Waals surface area contributed by atoms with E-state index in [4.69, 9.17) is 4.74 Å². The number of morpholine rings is 1. The molecule has 1 aliphatic heterocycles. The molecule has 7 nitrogen and oxygen atoms in total. The Morgan fingerprint density at radius 3 is 2.80 bits per heavy atom. The van der Waals surface area contributed by atoms with Gasteiger partial charge in [-0.25, -0.2) is 13.2 Å². The molecule has 20 heavy (non-hydrogen) atoms. The van der Waals surface area contributed by atoms with E-state index in [9.17, 15) is 13.2 Å². The fourth-order valence-electron chi connectivity index (χ4n) is 2.33. The van der Waals surface area contributed by atoms with Gasteiger partial charge in [-0.2, -0.15) is 4.31 Å². The van der Waals surface area contributed by atoms with E-state index in [0.29, 0.717) is 30.7 Å². The molecule has 0 radical (unpaired) electrons. The van der Waals surface area contributed by atoms with Crippen molar-refractivity contribution >= 4 is 21.1 Å². The highest BCUT2D eigenvalue weighted by Gasteiger charge is 2.29. The highest BCUT2D eigenvalue weighted by atomic mass is 32.2. The van der Waals surface area contributed by atoms with Crippen molar-refractivity contribution in [2.45, 2.75) is 17.9 Å². The summed E-state index contributed by atoms with van der Waals surface area (Å²) in [6.07, 6.45) is -0.116. The summed E-state index contributed by atoms with van der Waals surface area (Å²) < 4.78 is 31.9. The van der Waals surface area contributed by atoms with Crippen LogP contribution < -0.4 is 5.69 Å². The first-order valence-electron chi connectivity index (χ1n) is 6.30. The summed E-state index contributed by atoms with van der Waals surface area (Å²) in [6, 6.07) is 4.56. The summed E-state index contributed by atoms with van der Waals surface area (Å²) >= 11 is 0. The Labute approximate surface area is 115 Å². The first-order chi connectivity index (χ1) is 9.46. The molecule has 0 amide bonds. The van der Waals surface area contributed by atoms with Crippen molar-refractivity contribution < 1.29 is 13.2 Å². The topological polar surface area (TPSA) is 95.3 Å². The molecular formula is C12H15N3O4S. The van der Waals surface area contributed by atoms with Crippen LogP contribution >= 0.6 is 0 Å². The molecule has 1 atom stereocenters. The maximum Gasteiger partial charge on any atom is 0.323 e. The van der Waals surface area contributed by atoms with Gasteiger partial charge in [0, 0.05) is 13.1 Å². The summed E-state index contributed by atoms with van der Waals surface area (Å²) in [5, 5.41) is 0. The molecule has 2 N–H and O–H groups in total. The fourth-order valence-corrected chi connectivity index (χ4v) is 3.85. The van der Waals surface area contributed by atoms with Crippen molar-refractivity contribution in [3.05, 3.63) is 28.7 Å². The zero-order valence-corrected chi connectivity index (χ0v) is 11.7. The average Bonchev–Trinajstić information content (AvgIpc) is 2.77. The second-order valence-electron chi connectivity index (χ2n) is 4.83. The van der Waals surface area contributed by atoms with E-state index in [2.05, 4.69) is 9.97 Å². The lowest BCUT2D eigenvalue weighted by Crippen LogP contribution is -2.44. The largest absolute Gasteiger partial charge is 0.376 e. The quantitative estimate of drug-likeness (QED) is 0.831. The van der Waals surface area contributed by atoms with Gasteiger partial charge >= 0.3 is 5.69 Å². The number of nitrogens with one attached hydrogen (secondary N) is 2. The number of rotatable bonds is 2. The number of benzene rings is 1.